The Kier molecular flexibility index (Phi) is 14.7. The van der Waals surface area contributed by atoms with E-state index >= 15 is 0 Å². The van der Waals surface area contributed by atoms with Gasteiger partial charge in [0, 0.05) is 87.5 Å². The van der Waals surface area contributed by atoms with Crippen LogP contribution in [0, 0.1) is 19.7 Å². The predicted molar refractivity (Wildman–Crippen MR) is 270 cm³/mol. The number of aromatic nitrogens is 4. The van der Waals surface area contributed by atoms with Gasteiger partial charge in [0.05, 0.1) is 21.1 Å². The van der Waals surface area contributed by atoms with Crippen LogP contribution in [0.3, 0.4) is 0 Å². The van der Waals surface area contributed by atoms with Crippen LogP contribution in [0.25, 0.3) is 31.8 Å². The number of hydrogen-bond donors (Lipinski definition) is 1. The summed E-state index contributed by atoms with van der Waals surface area (Å²) in [4.78, 5) is 54.1. The number of nitrogens with zero attached hydrogens (tertiary/aromatic N) is 8. The summed E-state index contributed by atoms with van der Waals surface area (Å²) in [5.74, 6) is -0.0228. The molecule has 0 aliphatic carbocycles. The number of halogens is 3. The highest BCUT2D eigenvalue weighted by molar-refractivity contribution is 7.22. The van der Waals surface area contributed by atoms with Crippen LogP contribution in [0.15, 0.2) is 61.1 Å². The molecule has 20 heteroatoms. The van der Waals surface area contributed by atoms with Gasteiger partial charge in [-0.05, 0) is 100 Å². The van der Waals surface area contributed by atoms with Gasteiger partial charge in [-0.2, -0.15) is 0 Å². The zero-order valence-electron chi connectivity index (χ0n) is 40.3. The molecule has 16 nitrogen and oxygen atoms in total. The number of carboxylic acid groups (broad SMARTS) is 1. The van der Waals surface area contributed by atoms with Gasteiger partial charge in [0.15, 0.2) is 5.75 Å². The van der Waals surface area contributed by atoms with Gasteiger partial charge in [0.2, 0.25) is 17.9 Å². The Morgan fingerprint density at radius 2 is 1.62 bits per heavy atom. The average molecular weight is 1030 g/mol. The van der Waals surface area contributed by atoms with Crippen LogP contribution < -0.4 is 23.8 Å². The number of aliphatic carboxylic acids is 1. The molecule has 4 bridgehead atoms. The number of fused-ring (bicyclic) bond motifs is 7. The third kappa shape index (κ3) is 11.2. The van der Waals surface area contributed by atoms with Crippen LogP contribution >= 0.6 is 34.5 Å². The predicted octanol–water partition coefficient (Wildman–Crippen LogP) is 8.98. The van der Waals surface area contributed by atoms with E-state index in [4.69, 9.17) is 51.9 Å². The number of likely N-dealkylation sites (N-methyl/N-ethyl adjacent to an activating group) is 1. The molecule has 0 spiro atoms. The Hall–Kier alpha value is -6.05. The summed E-state index contributed by atoms with van der Waals surface area (Å²) >= 11 is 16.0. The summed E-state index contributed by atoms with van der Waals surface area (Å²) < 4.78 is 46.3. The zero-order valence-corrected chi connectivity index (χ0v) is 42.7. The molecular formula is C51H55Cl2FN8O8S. The zero-order chi connectivity index (χ0) is 50.1. The molecule has 4 aliphatic rings. The van der Waals surface area contributed by atoms with Crippen molar-refractivity contribution in [2.75, 3.05) is 77.5 Å². The summed E-state index contributed by atoms with van der Waals surface area (Å²) in [6.45, 7) is 15.2. The Balaban J connectivity index is 1.09. The van der Waals surface area contributed by atoms with Crippen molar-refractivity contribution < 1.29 is 42.8 Å². The topological polar surface area (TPSA) is 165 Å². The fraction of sp³-hybridized carbons (Fsp3) is 0.412. The molecule has 6 aromatic rings. The summed E-state index contributed by atoms with van der Waals surface area (Å²) in [7, 11) is 2.10. The molecule has 2 atom stereocenters. The molecule has 2 fully saturated rings. The molecule has 1 amide bonds. The molecule has 4 aliphatic heterocycles. The van der Waals surface area contributed by atoms with E-state index in [1.165, 1.54) is 29.8 Å². The summed E-state index contributed by atoms with van der Waals surface area (Å²) in [6.07, 6.45) is 0.421. The minimum absolute atomic E-state index is 0.0141. The van der Waals surface area contributed by atoms with Crippen LogP contribution in [0.4, 0.5) is 15.1 Å². The number of anilines is 1. The highest BCUT2D eigenvalue weighted by Crippen LogP contribution is 2.53. The maximum absolute atomic E-state index is 14.4. The van der Waals surface area contributed by atoms with Crippen molar-refractivity contribution in [1.82, 2.24) is 34.6 Å². The highest BCUT2D eigenvalue weighted by atomic mass is 35.5. The van der Waals surface area contributed by atoms with Gasteiger partial charge in [0.25, 0.3) is 0 Å². The number of carboxylic acids is 1. The molecule has 7 heterocycles. The second-order valence-corrected chi connectivity index (χ2v) is 20.7. The van der Waals surface area contributed by atoms with Gasteiger partial charge in [-0.1, -0.05) is 35.3 Å². The van der Waals surface area contributed by atoms with E-state index in [9.17, 15) is 19.1 Å². The maximum atomic E-state index is 14.4. The standard InChI is InChI=1S/C51H55Cl2FN8O8S/c1-29-39-30(2)43(53)44(42(29)52)68-36(25-60-17-15-59(6)16-18-60)27-66-35-11-12-37(67-26-34-13-14-55-49(58-34)61-19-21-62(22-20-61)50(65)70-51(3,4)5)32(23-35)24-38(48(63)64)69-46-41-40(39)45(71-47(41)57-28-56-46)31-7-9-33(54)10-8-31/h7-14,23,28,36,38H,15-22,24-27H2,1-6H3,(H,63,64)/t36-,38-/m1/s1. The molecule has 0 radical (unpaired) electrons. The Morgan fingerprint density at radius 3 is 2.31 bits per heavy atom. The second-order valence-electron chi connectivity index (χ2n) is 18.9. The number of carbonyl (C=O) groups is 2. The third-order valence-electron chi connectivity index (χ3n) is 12.7. The number of hydrogen-bond acceptors (Lipinski definition) is 15. The summed E-state index contributed by atoms with van der Waals surface area (Å²) in [5.41, 5.74) is 3.69. The van der Waals surface area contributed by atoms with Gasteiger partial charge < -0.3 is 43.5 Å². The van der Waals surface area contributed by atoms with E-state index < -0.39 is 29.6 Å². The molecule has 3 aromatic carbocycles. The van der Waals surface area contributed by atoms with E-state index in [1.807, 2.05) is 39.5 Å². The van der Waals surface area contributed by atoms with Crippen LogP contribution in [-0.4, -0.2) is 142 Å². The maximum Gasteiger partial charge on any atom is 0.410 e. The Morgan fingerprint density at radius 1 is 0.901 bits per heavy atom. The molecular weight excluding hydrogens is 975 g/mol. The first-order valence-electron chi connectivity index (χ1n) is 23.4. The molecule has 10 rings (SSSR count). The Labute approximate surface area is 425 Å². The molecule has 71 heavy (non-hydrogen) atoms. The first-order chi connectivity index (χ1) is 34.0. The lowest BCUT2D eigenvalue weighted by Gasteiger charge is -2.35. The van der Waals surface area contributed by atoms with Gasteiger partial charge >= 0.3 is 12.1 Å². The smallest absolute Gasteiger partial charge is 0.410 e. The van der Waals surface area contributed by atoms with Crippen molar-refractivity contribution in [2.45, 2.75) is 65.5 Å². The van der Waals surface area contributed by atoms with Crippen LogP contribution in [0.1, 0.15) is 43.2 Å². The number of piperazine rings is 2. The SMILES string of the molecule is Cc1c(Cl)c2c(Cl)c(C)c1-c1c(-c3ccc(F)cc3)sc3ncnc(c13)O[C@@H](C(=O)O)Cc1cc(ccc1OCc1ccnc(N3CCN(C(=O)OC(C)(C)C)CC3)n1)OC[C@@H](CN1CCN(C)CC1)O2. The fourth-order valence-electron chi connectivity index (χ4n) is 8.90. The number of thiophene rings is 1. The minimum Gasteiger partial charge on any atom is -0.490 e. The molecule has 0 unspecified atom stereocenters. The Bertz CT molecular complexity index is 2910. The lowest BCUT2D eigenvalue weighted by Crippen LogP contribution is -2.50. The van der Waals surface area contributed by atoms with E-state index in [0.717, 1.165) is 26.2 Å². The summed E-state index contributed by atoms with van der Waals surface area (Å²) in [6, 6.07) is 13.1. The van der Waals surface area contributed by atoms with Crippen LogP contribution in [0.2, 0.25) is 10.0 Å². The normalized spacial score (nSPS) is 18.1. The molecule has 1 N–H and O–H groups in total. The number of ether oxygens (including phenoxy) is 5. The first kappa shape index (κ1) is 49.9. The molecule has 0 saturated carbocycles. The van der Waals surface area contributed by atoms with E-state index in [1.54, 1.807) is 47.5 Å². The number of carbonyl (C=O) groups excluding carboxylic acids is 1. The minimum atomic E-state index is -1.49. The lowest BCUT2D eigenvalue weighted by atomic mass is 9.92. The lowest BCUT2D eigenvalue weighted by molar-refractivity contribution is -0.145. The molecule has 2 saturated heterocycles. The second kappa shape index (κ2) is 21.0. The van der Waals surface area contributed by atoms with Crippen LogP contribution in [0.5, 0.6) is 23.1 Å². The van der Waals surface area contributed by atoms with Crippen molar-refractivity contribution in [3.05, 3.63) is 99.3 Å². The third-order valence-corrected chi connectivity index (χ3v) is 14.7. The van der Waals surface area contributed by atoms with E-state index in [0.29, 0.717) is 110 Å². The summed E-state index contributed by atoms with van der Waals surface area (Å²) in [5, 5.41) is 11.9. The monoisotopic (exact) mass is 1030 g/mol. The fourth-order valence-corrected chi connectivity index (χ4v) is 10.6. The number of amides is 1. The largest absolute Gasteiger partial charge is 0.490 e. The van der Waals surface area contributed by atoms with Crippen molar-refractivity contribution in [1.29, 1.82) is 0 Å². The molecule has 374 valence electrons. The average Bonchev–Trinajstić information content (AvgIpc) is 3.73. The van der Waals surface area contributed by atoms with Gasteiger partial charge in [0.1, 0.15) is 53.4 Å². The first-order valence-corrected chi connectivity index (χ1v) is 25.0. The van der Waals surface area contributed by atoms with E-state index in [2.05, 4.69) is 31.8 Å². The van der Waals surface area contributed by atoms with Gasteiger partial charge in [-0.15, -0.1) is 11.3 Å². The van der Waals surface area contributed by atoms with Crippen molar-refractivity contribution in [3.8, 4) is 44.7 Å². The number of rotatable bonds is 8. The van der Waals surface area contributed by atoms with Crippen molar-refractivity contribution in [3.63, 3.8) is 0 Å². The quantitative estimate of drug-likeness (QED) is 0.153. The van der Waals surface area contributed by atoms with Crippen LogP contribution in [-0.2, 0) is 22.6 Å². The van der Waals surface area contributed by atoms with Crippen molar-refractivity contribution in [2.24, 2.45) is 0 Å². The van der Waals surface area contributed by atoms with Crippen molar-refractivity contribution >= 4 is 62.8 Å². The van der Waals surface area contributed by atoms with E-state index in [-0.39, 0.29) is 41.7 Å². The highest BCUT2D eigenvalue weighted by Gasteiger charge is 2.33. The number of benzene rings is 3. The van der Waals surface area contributed by atoms with Gasteiger partial charge in [-0.3, -0.25) is 4.90 Å². The molecule has 3 aromatic heterocycles. The van der Waals surface area contributed by atoms with Gasteiger partial charge in [-0.25, -0.2) is 33.9 Å².